The van der Waals surface area contributed by atoms with E-state index in [1.807, 2.05) is 12.1 Å². The van der Waals surface area contributed by atoms with Gasteiger partial charge < -0.3 is 15.4 Å². The van der Waals surface area contributed by atoms with Crippen molar-refractivity contribution in [1.82, 2.24) is 10.3 Å². The van der Waals surface area contributed by atoms with Crippen LogP contribution in [0.1, 0.15) is 17.7 Å². The normalized spacial score (nSPS) is 18.9. The predicted octanol–water partition coefficient (Wildman–Crippen LogP) is 2.29. The maximum atomic E-state index is 10.6. The lowest BCUT2D eigenvalue weighted by atomic mass is 9.92. The predicted molar refractivity (Wildman–Crippen MR) is 65.3 cm³/mol. The van der Waals surface area contributed by atoms with Gasteiger partial charge in [0.05, 0.1) is 0 Å². The van der Waals surface area contributed by atoms with Crippen LogP contribution >= 0.6 is 0 Å². The van der Waals surface area contributed by atoms with Gasteiger partial charge in [0.25, 0.3) is 0 Å². The molecule has 0 bridgehead atoms. The maximum Gasteiger partial charge on any atom is 0.404 e. The lowest BCUT2D eigenvalue weighted by Gasteiger charge is -2.21. The molecule has 1 amide bonds. The Morgan fingerprint density at radius 2 is 2.24 bits per heavy atom. The number of aromatic amines is 1. The van der Waals surface area contributed by atoms with Crippen molar-refractivity contribution in [2.75, 3.05) is 0 Å². The number of carbonyl (C=O) groups is 1. The highest BCUT2D eigenvalue weighted by molar-refractivity contribution is 5.85. The number of aryl methyl sites for hydroxylation is 1. The van der Waals surface area contributed by atoms with E-state index >= 15 is 0 Å². The molecule has 3 rings (SSSR count). The molecule has 3 N–H and O–H groups in total. The van der Waals surface area contributed by atoms with E-state index in [0.717, 1.165) is 24.8 Å². The van der Waals surface area contributed by atoms with Crippen LogP contribution in [0.4, 0.5) is 4.79 Å². The third-order valence-electron chi connectivity index (χ3n) is 3.42. The fourth-order valence-corrected chi connectivity index (χ4v) is 2.68. The maximum absolute atomic E-state index is 10.6. The molecular formula is C13H14N2O2. The molecule has 1 aromatic carbocycles. The van der Waals surface area contributed by atoms with E-state index in [0.29, 0.717) is 0 Å². The Morgan fingerprint density at radius 1 is 1.41 bits per heavy atom. The van der Waals surface area contributed by atoms with Crippen LogP contribution in [0.5, 0.6) is 0 Å². The summed E-state index contributed by atoms with van der Waals surface area (Å²) in [6, 6.07) is 8.27. The first-order valence-corrected chi connectivity index (χ1v) is 5.82. The largest absolute Gasteiger partial charge is 0.465 e. The first-order chi connectivity index (χ1) is 8.24. The Kier molecular flexibility index (Phi) is 2.28. The number of carboxylic acid groups (broad SMARTS) is 1. The summed E-state index contributed by atoms with van der Waals surface area (Å²) in [5.41, 5.74) is 3.67. The number of nitrogens with one attached hydrogen (secondary N) is 2. The summed E-state index contributed by atoms with van der Waals surface area (Å²) in [4.78, 5) is 14.0. The van der Waals surface area contributed by atoms with Gasteiger partial charge in [-0.15, -0.1) is 0 Å². The number of rotatable bonds is 1. The Labute approximate surface area is 98.6 Å². The zero-order valence-corrected chi connectivity index (χ0v) is 9.36. The van der Waals surface area contributed by atoms with Crippen molar-refractivity contribution in [3.63, 3.8) is 0 Å². The second kappa shape index (κ2) is 3.80. The molecule has 4 heteroatoms. The molecule has 1 unspecified atom stereocenters. The van der Waals surface area contributed by atoms with E-state index < -0.39 is 6.09 Å². The van der Waals surface area contributed by atoms with Crippen LogP contribution in [0.15, 0.2) is 24.3 Å². The first-order valence-electron chi connectivity index (χ1n) is 5.82. The van der Waals surface area contributed by atoms with Gasteiger partial charge in [0.15, 0.2) is 0 Å². The fourth-order valence-electron chi connectivity index (χ4n) is 2.68. The summed E-state index contributed by atoms with van der Waals surface area (Å²) in [6.45, 7) is 0. The molecule has 17 heavy (non-hydrogen) atoms. The lowest BCUT2D eigenvalue weighted by Crippen LogP contribution is -2.37. The van der Waals surface area contributed by atoms with Gasteiger partial charge in [-0.2, -0.15) is 0 Å². The van der Waals surface area contributed by atoms with E-state index in [1.165, 1.54) is 16.6 Å². The van der Waals surface area contributed by atoms with Crippen LogP contribution in [0.3, 0.4) is 0 Å². The summed E-state index contributed by atoms with van der Waals surface area (Å²) in [5, 5.41) is 12.6. The molecule has 0 aliphatic heterocycles. The quantitative estimate of drug-likeness (QED) is 0.703. The Hall–Kier alpha value is -1.97. The van der Waals surface area contributed by atoms with E-state index in [9.17, 15) is 4.79 Å². The number of hydrogen-bond donors (Lipinski definition) is 3. The smallest absolute Gasteiger partial charge is 0.404 e. The molecule has 1 heterocycles. The van der Waals surface area contributed by atoms with Gasteiger partial charge in [-0.05, 0) is 24.5 Å². The minimum atomic E-state index is -0.936. The standard InChI is InChI=1S/C13H14N2O2/c16-13(17)14-8-5-6-10-9-3-1-2-4-11(9)15-12(10)7-8/h1-4,8,14-15H,5-7H2,(H,16,17). The van der Waals surface area contributed by atoms with E-state index in [2.05, 4.69) is 22.4 Å². The second-order valence-corrected chi connectivity index (χ2v) is 4.52. The molecule has 0 fully saturated rings. The third kappa shape index (κ3) is 1.75. The number of H-pyrrole nitrogens is 1. The van der Waals surface area contributed by atoms with Crippen molar-refractivity contribution in [1.29, 1.82) is 0 Å². The van der Waals surface area contributed by atoms with Crippen molar-refractivity contribution in [3.05, 3.63) is 35.5 Å². The summed E-state index contributed by atoms with van der Waals surface area (Å²) < 4.78 is 0. The molecule has 1 aromatic heterocycles. The van der Waals surface area contributed by atoms with E-state index in [1.54, 1.807) is 0 Å². The molecule has 88 valence electrons. The van der Waals surface area contributed by atoms with Crippen molar-refractivity contribution >= 4 is 17.0 Å². The summed E-state index contributed by atoms with van der Waals surface area (Å²) in [7, 11) is 0. The van der Waals surface area contributed by atoms with Crippen molar-refractivity contribution in [2.45, 2.75) is 25.3 Å². The van der Waals surface area contributed by atoms with Crippen LogP contribution in [0.2, 0.25) is 0 Å². The second-order valence-electron chi connectivity index (χ2n) is 4.52. The number of hydrogen-bond acceptors (Lipinski definition) is 1. The van der Waals surface area contributed by atoms with Gasteiger partial charge in [0.1, 0.15) is 0 Å². The number of fused-ring (bicyclic) bond motifs is 3. The number of aromatic nitrogens is 1. The van der Waals surface area contributed by atoms with Gasteiger partial charge in [0.2, 0.25) is 0 Å². The van der Waals surface area contributed by atoms with Gasteiger partial charge >= 0.3 is 6.09 Å². The number of benzene rings is 1. The summed E-state index contributed by atoms with van der Waals surface area (Å²) >= 11 is 0. The zero-order chi connectivity index (χ0) is 11.8. The average Bonchev–Trinajstić information content (AvgIpc) is 2.65. The molecule has 2 aromatic rings. The van der Waals surface area contributed by atoms with Crippen LogP contribution < -0.4 is 5.32 Å². The fraction of sp³-hybridized carbons (Fsp3) is 0.308. The molecule has 1 aliphatic carbocycles. The van der Waals surface area contributed by atoms with Crippen LogP contribution in [0, 0.1) is 0 Å². The highest BCUT2D eigenvalue weighted by atomic mass is 16.4. The lowest BCUT2D eigenvalue weighted by molar-refractivity contribution is 0.188. The topological polar surface area (TPSA) is 65.1 Å². The third-order valence-corrected chi connectivity index (χ3v) is 3.42. The van der Waals surface area contributed by atoms with Crippen LogP contribution in [0.25, 0.3) is 10.9 Å². The monoisotopic (exact) mass is 230 g/mol. The molecule has 0 saturated heterocycles. The molecule has 0 radical (unpaired) electrons. The molecular weight excluding hydrogens is 216 g/mol. The Balaban J connectivity index is 1.95. The van der Waals surface area contributed by atoms with Crippen molar-refractivity contribution in [2.24, 2.45) is 0 Å². The van der Waals surface area contributed by atoms with Gasteiger partial charge in [-0.1, -0.05) is 18.2 Å². The highest BCUT2D eigenvalue weighted by Gasteiger charge is 2.22. The number of amides is 1. The van der Waals surface area contributed by atoms with Crippen LogP contribution in [-0.4, -0.2) is 22.2 Å². The van der Waals surface area contributed by atoms with Gasteiger partial charge in [-0.25, -0.2) is 4.79 Å². The molecule has 0 saturated carbocycles. The van der Waals surface area contributed by atoms with Gasteiger partial charge in [-0.3, -0.25) is 0 Å². The van der Waals surface area contributed by atoms with Crippen LogP contribution in [-0.2, 0) is 12.8 Å². The van der Waals surface area contributed by atoms with Gasteiger partial charge in [0, 0.05) is 29.1 Å². The molecule has 0 spiro atoms. The van der Waals surface area contributed by atoms with Crippen molar-refractivity contribution in [3.8, 4) is 0 Å². The minimum Gasteiger partial charge on any atom is -0.465 e. The molecule has 4 nitrogen and oxygen atoms in total. The number of para-hydroxylation sites is 1. The zero-order valence-electron chi connectivity index (χ0n) is 9.36. The van der Waals surface area contributed by atoms with E-state index in [4.69, 9.17) is 5.11 Å². The minimum absolute atomic E-state index is 0.0352. The Morgan fingerprint density at radius 3 is 3.06 bits per heavy atom. The molecule has 1 atom stereocenters. The van der Waals surface area contributed by atoms with E-state index in [-0.39, 0.29) is 6.04 Å². The SMILES string of the molecule is O=C(O)NC1CCc2c([nH]c3ccccc23)C1. The molecule has 1 aliphatic rings. The Bertz CT molecular complexity index is 574. The highest BCUT2D eigenvalue weighted by Crippen LogP contribution is 2.28. The average molecular weight is 230 g/mol. The van der Waals surface area contributed by atoms with Crippen molar-refractivity contribution < 1.29 is 9.90 Å². The summed E-state index contributed by atoms with van der Waals surface area (Å²) in [6.07, 6.45) is 1.64. The first kappa shape index (κ1) is 10.2. The summed E-state index contributed by atoms with van der Waals surface area (Å²) in [5.74, 6) is 0.